The number of allylic oxidation sites excluding steroid dienone is 3. The van der Waals surface area contributed by atoms with Crippen LogP contribution in [-0.4, -0.2) is 29.8 Å². The zero-order valence-corrected chi connectivity index (χ0v) is 14.8. The fourth-order valence-electron chi connectivity index (χ4n) is 2.11. The smallest absolute Gasteiger partial charge is 0.131 e. The maximum Gasteiger partial charge on any atom is 0.131 e. The van der Waals surface area contributed by atoms with Crippen molar-refractivity contribution in [2.24, 2.45) is 5.92 Å². The van der Waals surface area contributed by atoms with Crippen molar-refractivity contribution in [3.05, 3.63) is 24.3 Å². The fraction of sp³-hybridized carbons (Fsp3) is 0.737. The molecule has 21 heavy (non-hydrogen) atoms. The monoisotopic (exact) mass is 293 g/mol. The Labute approximate surface area is 132 Å². The number of nitrogens with zero attached hydrogens (tertiary/aromatic N) is 1. The fourth-order valence-corrected chi connectivity index (χ4v) is 2.11. The Morgan fingerprint density at radius 2 is 1.86 bits per heavy atom. The molecule has 2 heteroatoms. The minimum Gasteiger partial charge on any atom is -0.300 e. The molecule has 1 aliphatic heterocycles. The molecule has 0 radical (unpaired) electrons. The summed E-state index contributed by atoms with van der Waals surface area (Å²) in [7, 11) is 0. The predicted molar refractivity (Wildman–Crippen MR) is 93.6 cm³/mol. The van der Waals surface area contributed by atoms with Crippen LogP contribution in [0.2, 0.25) is 0 Å². The first-order valence-corrected chi connectivity index (χ1v) is 8.34. The quantitative estimate of drug-likeness (QED) is 0.440. The van der Waals surface area contributed by atoms with E-state index < -0.39 is 0 Å². The summed E-state index contributed by atoms with van der Waals surface area (Å²) in [4.78, 5) is 12.7. The van der Waals surface area contributed by atoms with Gasteiger partial charge in [-0.05, 0) is 59.3 Å². The van der Waals surface area contributed by atoms with Crippen molar-refractivity contribution in [3.8, 4) is 0 Å². The van der Waals surface area contributed by atoms with E-state index in [9.17, 15) is 4.79 Å². The first-order valence-electron chi connectivity index (χ1n) is 8.34. The van der Waals surface area contributed by atoms with Crippen LogP contribution in [0.15, 0.2) is 24.3 Å². The van der Waals surface area contributed by atoms with Gasteiger partial charge in [0.2, 0.25) is 0 Å². The molecule has 0 aromatic rings. The Morgan fingerprint density at radius 1 is 1.29 bits per heavy atom. The van der Waals surface area contributed by atoms with Crippen LogP contribution < -0.4 is 0 Å². The van der Waals surface area contributed by atoms with Crippen LogP contribution in [0.4, 0.5) is 0 Å². The maximum atomic E-state index is 10.5. The summed E-state index contributed by atoms with van der Waals surface area (Å²) in [6.07, 6.45) is 10.1. The first-order chi connectivity index (χ1) is 9.86. The molecule has 0 aromatic carbocycles. The molecule has 2 nitrogen and oxygen atoms in total. The molecule has 0 amide bonds. The minimum atomic E-state index is 0.300. The molecule has 0 aromatic heterocycles. The van der Waals surface area contributed by atoms with Crippen LogP contribution in [0.5, 0.6) is 0 Å². The highest BCUT2D eigenvalue weighted by molar-refractivity contribution is 5.75. The molecule has 3 atom stereocenters. The second kappa shape index (κ2) is 11.7. The van der Waals surface area contributed by atoms with Gasteiger partial charge in [-0.1, -0.05) is 24.6 Å². The van der Waals surface area contributed by atoms with Crippen molar-refractivity contribution < 1.29 is 4.79 Å². The lowest BCUT2D eigenvalue weighted by molar-refractivity contribution is -0.117. The van der Waals surface area contributed by atoms with E-state index in [1.807, 2.05) is 6.08 Å². The van der Waals surface area contributed by atoms with Crippen LogP contribution in [-0.2, 0) is 4.79 Å². The van der Waals surface area contributed by atoms with E-state index in [1.54, 1.807) is 6.92 Å². The number of Topliss-reactive ketones (excluding diaryl/α,β-unsaturated/α-hetero) is 1. The van der Waals surface area contributed by atoms with Crippen molar-refractivity contribution in [1.82, 2.24) is 4.90 Å². The molecule has 0 spiro atoms. The Hall–Kier alpha value is -0.890. The summed E-state index contributed by atoms with van der Waals surface area (Å²) in [5.74, 6) is 1.15. The zero-order chi connectivity index (χ0) is 16.3. The summed E-state index contributed by atoms with van der Waals surface area (Å²) in [6, 6.07) is 0.740. The molecule has 1 fully saturated rings. The van der Waals surface area contributed by atoms with Crippen molar-refractivity contribution in [3.63, 3.8) is 0 Å². The normalized spacial score (nSPS) is 20.8. The van der Waals surface area contributed by atoms with Crippen molar-refractivity contribution >= 4 is 5.78 Å². The maximum absolute atomic E-state index is 10.5. The average molecular weight is 293 g/mol. The van der Waals surface area contributed by atoms with Gasteiger partial charge in [0.25, 0.3) is 0 Å². The van der Waals surface area contributed by atoms with Gasteiger partial charge in [-0.15, -0.1) is 6.58 Å². The van der Waals surface area contributed by atoms with Gasteiger partial charge in [-0.3, -0.25) is 9.69 Å². The standard InChI is InChI=1S/C12H22.C7H13NO/c1-5-6-9-12(4)10-7-8-11(2)3;1-6-5-8(6)4-3-7(2)9/h5,8,12H,1,6-7,9-10H2,2-4H3;6H,3-5H2,1-2H3. The topological polar surface area (TPSA) is 20.1 Å². The van der Waals surface area contributed by atoms with Crippen LogP contribution in [0.1, 0.15) is 66.7 Å². The number of carbonyl (C=O) groups is 1. The highest BCUT2D eigenvalue weighted by Crippen LogP contribution is 2.15. The molecule has 3 unspecified atom stereocenters. The molecular weight excluding hydrogens is 258 g/mol. The van der Waals surface area contributed by atoms with Gasteiger partial charge < -0.3 is 0 Å². The second-order valence-electron chi connectivity index (χ2n) is 6.63. The van der Waals surface area contributed by atoms with Gasteiger partial charge in [-0.2, -0.15) is 0 Å². The van der Waals surface area contributed by atoms with E-state index in [-0.39, 0.29) is 0 Å². The van der Waals surface area contributed by atoms with Crippen LogP contribution >= 0.6 is 0 Å². The lowest BCUT2D eigenvalue weighted by Crippen LogP contribution is -2.05. The molecule has 0 saturated carbocycles. The van der Waals surface area contributed by atoms with Gasteiger partial charge in [0.05, 0.1) is 0 Å². The van der Waals surface area contributed by atoms with Crippen LogP contribution in [0.25, 0.3) is 0 Å². The number of ketones is 1. The lowest BCUT2D eigenvalue weighted by Gasteiger charge is -2.07. The van der Waals surface area contributed by atoms with Gasteiger partial charge in [-0.25, -0.2) is 0 Å². The predicted octanol–water partition coefficient (Wildman–Crippen LogP) is 5.00. The van der Waals surface area contributed by atoms with E-state index in [4.69, 9.17) is 0 Å². The molecule has 0 N–H and O–H groups in total. The summed E-state index contributed by atoms with van der Waals surface area (Å²) in [5.41, 5.74) is 1.44. The molecule has 122 valence electrons. The summed E-state index contributed by atoms with van der Waals surface area (Å²) < 4.78 is 0. The number of rotatable bonds is 9. The average Bonchev–Trinajstić information content (AvgIpc) is 3.10. The van der Waals surface area contributed by atoms with E-state index in [0.29, 0.717) is 5.78 Å². The van der Waals surface area contributed by atoms with E-state index >= 15 is 0 Å². The molecule has 0 aliphatic carbocycles. The molecule has 1 saturated heterocycles. The van der Waals surface area contributed by atoms with Gasteiger partial charge in [0.15, 0.2) is 0 Å². The molecule has 1 heterocycles. The highest BCUT2D eigenvalue weighted by atomic mass is 16.1. The third kappa shape index (κ3) is 13.8. The minimum absolute atomic E-state index is 0.300. The summed E-state index contributed by atoms with van der Waals surface area (Å²) >= 11 is 0. The highest BCUT2D eigenvalue weighted by Gasteiger charge is 2.27. The lowest BCUT2D eigenvalue weighted by atomic mass is 9.99. The summed E-state index contributed by atoms with van der Waals surface area (Å²) in [6.45, 7) is 16.4. The molecule has 1 rings (SSSR count). The van der Waals surface area contributed by atoms with Crippen molar-refractivity contribution in [1.29, 1.82) is 0 Å². The zero-order valence-electron chi connectivity index (χ0n) is 14.8. The van der Waals surface area contributed by atoms with Gasteiger partial charge in [0, 0.05) is 25.6 Å². The Morgan fingerprint density at radius 3 is 2.29 bits per heavy atom. The van der Waals surface area contributed by atoms with Crippen molar-refractivity contribution in [2.75, 3.05) is 13.1 Å². The Kier molecular flexibility index (Phi) is 11.2. The second-order valence-corrected chi connectivity index (χ2v) is 6.63. The first kappa shape index (κ1) is 20.1. The third-order valence-electron chi connectivity index (χ3n) is 3.82. The van der Waals surface area contributed by atoms with E-state index in [0.717, 1.165) is 31.3 Å². The number of carbonyl (C=O) groups excluding carboxylic acids is 1. The SMILES string of the molecule is C=CCCC(C)CCC=C(C)C.CC(=O)CCN1CC1C. The van der Waals surface area contributed by atoms with Crippen molar-refractivity contribution in [2.45, 2.75) is 72.8 Å². The molecule has 1 aliphatic rings. The Bertz CT molecular complexity index is 328. The summed E-state index contributed by atoms with van der Waals surface area (Å²) in [5, 5.41) is 0. The van der Waals surface area contributed by atoms with Gasteiger partial charge in [0.1, 0.15) is 5.78 Å². The molecule has 0 bridgehead atoms. The van der Waals surface area contributed by atoms with E-state index in [1.165, 1.54) is 31.4 Å². The van der Waals surface area contributed by atoms with Crippen LogP contribution in [0, 0.1) is 5.92 Å². The third-order valence-corrected chi connectivity index (χ3v) is 3.82. The Balaban J connectivity index is 0.000000394. The van der Waals surface area contributed by atoms with E-state index in [2.05, 4.69) is 45.2 Å². The molecular formula is C19H35NO. The number of hydrogen-bond donors (Lipinski definition) is 0. The van der Waals surface area contributed by atoms with Crippen LogP contribution in [0.3, 0.4) is 0 Å². The van der Waals surface area contributed by atoms with Gasteiger partial charge >= 0.3 is 0 Å². The number of hydrogen-bond acceptors (Lipinski definition) is 2. The largest absolute Gasteiger partial charge is 0.300 e.